The molecular weight excluding hydrogens is 416 g/mol. The van der Waals surface area contributed by atoms with Gasteiger partial charge in [-0.1, -0.05) is 0 Å². The SMILES string of the molecule is CC(C)N(CCN)C(=O)c1ccc(C(F)(F)F)cc1[N+](=O)[O-].O=C(O)C(F)(F)F. The van der Waals surface area contributed by atoms with Gasteiger partial charge in [-0.05, 0) is 26.0 Å². The number of rotatable bonds is 5. The number of benzene rings is 1. The van der Waals surface area contributed by atoms with Crippen molar-refractivity contribution in [1.29, 1.82) is 0 Å². The van der Waals surface area contributed by atoms with E-state index in [1.807, 2.05) is 0 Å². The summed E-state index contributed by atoms with van der Waals surface area (Å²) in [7, 11) is 0. The maximum absolute atomic E-state index is 12.6. The molecule has 1 aromatic rings. The zero-order chi connectivity index (χ0) is 23.2. The summed E-state index contributed by atoms with van der Waals surface area (Å²) in [6, 6.07) is 1.56. The summed E-state index contributed by atoms with van der Waals surface area (Å²) in [4.78, 5) is 32.5. The van der Waals surface area contributed by atoms with Crippen LogP contribution in [0.5, 0.6) is 0 Å². The number of carboxylic acid groups (broad SMARTS) is 1. The first kappa shape index (κ1) is 26.1. The van der Waals surface area contributed by atoms with Crippen molar-refractivity contribution >= 4 is 17.6 Å². The minimum atomic E-state index is -5.08. The number of carbonyl (C=O) groups is 2. The Morgan fingerprint density at radius 2 is 1.69 bits per heavy atom. The van der Waals surface area contributed by atoms with E-state index >= 15 is 0 Å². The monoisotopic (exact) mass is 433 g/mol. The topological polar surface area (TPSA) is 127 Å². The summed E-state index contributed by atoms with van der Waals surface area (Å²) < 4.78 is 69.6. The maximum Gasteiger partial charge on any atom is 0.490 e. The van der Waals surface area contributed by atoms with E-state index in [-0.39, 0.29) is 24.7 Å². The summed E-state index contributed by atoms with van der Waals surface area (Å²) in [5, 5.41) is 18.1. The molecule has 0 bridgehead atoms. The molecule has 1 aromatic carbocycles. The Morgan fingerprint density at radius 3 is 2.00 bits per heavy atom. The number of nitro groups is 1. The average molecular weight is 433 g/mol. The van der Waals surface area contributed by atoms with Crippen molar-refractivity contribution in [2.45, 2.75) is 32.2 Å². The van der Waals surface area contributed by atoms with E-state index in [1.54, 1.807) is 13.8 Å². The molecular formula is C15H17F6N3O5. The Balaban J connectivity index is 0.000000956. The zero-order valence-electron chi connectivity index (χ0n) is 15.0. The first-order valence-corrected chi connectivity index (χ1v) is 7.70. The number of nitrogens with two attached hydrogens (primary N) is 1. The summed E-state index contributed by atoms with van der Waals surface area (Å²) in [5.74, 6) is -3.48. The van der Waals surface area contributed by atoms with Gasteiger partial charge >= 0.3 is 18.3 Å². The van der Waals surface area contributed by atoms with Crippen LogP contribution in [0.4, 0.5) is 32.0 Å². The van der Waals surface area contributed by atoms with Crippen LogP contribution >= 0.6 is 0 Å². The first-order valence-electron chi connectivity index (χ1n) is 7.70. The maximum atomic E-state index is 12.6. The van der Waals surface area contributed by atoms with Gasteiger partial charge in [-0.2, -0.15) is 26.3 Å². The van der Waals surface area contributed by atoms with Gasteiger partial charge in [0.05, 0.1) is 10.5 Å². The van der Waals surface area contributed by atoms with Crippen LogP contribution in [0.15, 0.2) is 18.2 Å². The second-order valence-corrected chi connectivity index (χ2v) is 5.67. The van der Waals surface area contributed by atoms with E-state index in [2.05, 4.69) is 0 Å². The fourth-order valence-corrected chi connectivity index (χ4v) is 1.93. The average Bonchev–Trinajstić information content (AvgIpc) is 2.57. The second kappa shape index (κ2) is 10.0. The number of carboxylic acids is 1. The van der Waals surface area contributed by atoms with Crippen LogP contribution in [0, 0.1) is 10.1 Å². The second-order valence-electron chi connectivity index (χ2n) is 5.67. The predicted molar refractivity (Wildman–Crippen MR) is 87.0 cm³/mol. The number of carbonyl (C=O) groups excluding carboxylic acids is 1. The molecule has 0 aliphatic heterocycles. The number of aliphatic carboxylic acids is 1. The van der Waals surface area contributed by atoms with Gasteiger partial charge < -0.3 is 15.7 Å². The first-order chi connectivity index (χ1) is 13.0. The lowest BCUT2D eigenvalue weighted by Gasteiger charge is -2.26. The number of hydrogen-bond acceptors (Lipinski definition) is 5. The fraction of sp³-hybridized carbons (Fsp3) is 0.467. The Bertz CT molecular complexity index is 749. The Hall–Kier alpha value is -2.90. The molecule has 0 aromatic heterocycles. The summed E-state index contributed by atoms with van der Waals surface area (Å²) in [6.07, 6.45) is -9.80. The van der Waals surface area contributed by atoms with E-state index < -0.39 is 40.4 Å². The van der Waals surface area contributed by atoms with Crippen molar-refractivity contribution in [2.24, 2.45) is 5.73 Å². The summed E-state index contributed by atoms with van der Waals surface area (Å²) >= 11 is 0. The van der Waals surface area contributed by atoms with E-state index in [0.29, 0.717) is 12.1 Å². The van der Waals surface area contributed by atoms with E-state index in [0.717, 1.165) is 6.07 Å². The van der Waals surface area contributed by atoms with E-state index in [4.69, 9.17) is 15.6 Å². The number of halogens is 6. The minimum Gasteiger partial charge on any atom is -0.475 e. The van der Waals surface area contributed by atoms with Crippen LogP contribution in [-0.4, -0.2) is 52.1 Å². The van der Waals surface area contributed by atoms with Crippen molar-refractivity contribution < 1.29 is 46.0 Å². The number of nitrogens with zero attached hydrogens (tertiary/aromatic N) is 2. The molecule has 0 radical (unpaired) electrons. The van der Waals surface area contributed by atoms with Gasteiger partial charge in [0, 0.05) is 25.2 Å². The van der Waals surface area contributed by atoms with Crippen molar-refractivity contribution in [3.8, 4) is 0 Å². The molecule has 14 heteroatoms. The Labute approximate surface area is 160 Å². The van der Waals surface area contributed by atoms with Gasteiger partial charge in [-0.15, -0.1) is 0 Å². The normalized spacial score (nSPS) is 11.5. The highest BCUT2D eigenvalue weighted by molar-refractivity contribution is 5.98. The fourth-order valence-electron chi connectivity index (χ4n) is 1.93. The zero-order valence-corrected chi connectivity index (χ0v) is 15.0. The lowest BCUT2D eigenvalue weighted by molar-refractivity contribution is -0.385. The van der Waals surface area contributed by atoms with E-state index in [1.165, 1.54) is 4.90 Å². The largest absolute Gasteiger partial charge is 0.490 e. The third-order valence-corrected chi connectivity index (χ3v) is 3.25. The molecule has 0 atom stereocenters. The molecule has 8 nitrogen and oxygen atoms in total. The Kier molecular flexibility index (Phi) is 9.04. The molecule has 0 heterocycles. The molecule has 164 valence electrons. The smallest absolute Gasteiger partial charge is 0.475 e. The van der Waals surface area contributed by atoms with Crippen LogP contribution < -0.4 is 5.73 Å². The summed E-state index contributed by atoms with van der Waals surface area (Å²) in [6.45, 7) is 3.65. The lowest BCUT2D eigenvalue weighted by atomic mass is 10.1. The van der Waals surface area contributed by atoms with Gasteiger partial charge in [0.25, 0.3) is 11.6 Å². The third kappa shape index (κ3) is 7.93. The molecule has 29 heavy (non-hydrogen) atoms. The molecule has 1 rings (SSSR count). The quantitative estimate of drug-likeness (QED) is 0.418. The minimum absolute atomic E-state index is 0.137. The number of amides is 1. The van der Waals surface area contributed by atoms with Gasteiger partial charge in [-0.25, -0.2) is 4.79 Å². The van der Waals surface area contributed by atoms with Crippen LogP contribution in [0.1, 0.15) is 29.8 Å². The van der Waals surface area contributed by atoms with Crippen molar-refractivity contribution in [2.75, 3.05) is 13.1 Å². The highest BCUT2D eigenvalue weighted by Gasteiger charge is 2.38. The molecule has 1 amide bonds. The van der Waals surface area contributed by atoms with Gasteiger partial charge in [-0.3, -0.25) is 14.9 Å². The van der Waals surface area contributed by atoms with Crippen molar-refractivity contribution in [3.63, 3.8) is 0 Å². The molecule has 0 aliphatic carbocycles. The molecule has 0 saturated carbocycles. The predicted octanol–water partition coefficient (Wildman–Crippen LogP) is 3.06. The molecule has 3 N–H and O–H groups in total. The molecule has 0 saturated heterocycles. The van der Waals surface area contributed by atoms with Gasteiger partial charge in [0.15, 0.2) is 0 Å². The highest BCUT2D eigenvalue weighted by atomic mass is 19.4. The van der Waals surface area contributed by atoms with Crippen LogP contribution in [-0.2, 0) is 11.0 Å². The van der Waals surface area contributed by atoms with Crippen molar-refractivity contribution in [1.82, 2.24) is 4.90 Å². The Morgan fingerprint density at radius 1 is 1.21 bits per heavy atom. The number of hydrogen-bond donors (Lipinski definition) is 2. The van der Waals surface area contributed by atoms with Crippen molar-refractivity contribution in [3.05, 3.63) is 39.4 Å². The van der Waals surface area contributed by atoms with Gasteiger partial charge in [0.1, 0.15) is 5.56 Å². The highest BCUT2D eigenvalue weighted by Crippen LogP contribution is 2.33. The molecule has 0 unspecified atom stereocenters. The third-order valence-electron chi connectivity index (χ3n) is 3.25. The van der Waals surface area contributed by atoms with Crippen LogP contribution in [0.3, 0.4) is 0 Å². The number of alkyl halides is 6. The standard InChI is InChI=1S/C13H16F3N3O3.C2HF3O2/c1-8(2)18(6-5-17)12(20)10-4-3-9(13(14,15)16)7-11(10)19(21)22;3-2(4,5)1(6)7/h3-4,7-8H,5-6,17H2,1-2H3;(H,6,7). The van der Waals surface area contributed by atoms with Gasteiger partial charge in [0.2, 0.25) is 0 Å². The number of nitro benzene ring substituents is 1. The van der Waals surface area contributed by atoms with Crippen LogP contribution in [0.25, 0.3) is 0 Å². The molecule has 0 fully saturated rings. The summed E-state index contributed by atoms with van der Waals surface area (Å²) in [5.41, 5.74) is 2.95. The lowest BCUT2D eigenvalue weighted by Crippen LogP contribution is -2.40. The molecule has 0 spiro atoms. The molecule has 0 aliphatic rings. The van der Waals surface area contributed by atoms with Crippen LogP contribution in [0.2, 0.25) is 0 Å². The van der Waals surface area contributed by atoms with E-state index in [9.17, 15) is 41.3 Å².